The molecule has 5 rings (SSSR count). The van der Waals surface area contributed by atoms with Gasteiger partial charge in [0.15, 0.2) is 11.5 Å². The van der Waals surface area contributed by atoms with Crippen molar-refractivity contribution in [2.75, 3.05) is 44.3 Å². The molecule has 1 amide bonds. The third-order valence-corrected chi connectivity index (χ3v) is 8.16. The number of sulfonamides is 1. The second-order valence-corrected chi connectivity index (χ2v) is 10.5. The molecule has 0 unspecified atom stereocenters. The quantitative estimate of drug-likeness (QED) is 0.525. The molecule has 2 aliphatic rings. The molecule has 1 fully saturated rings. The Balaban J connectivity index is 1.27. The molecule has 3 aromatic carbocycles. The van der Waals surface area contributed by atoms with Gasteiger partial charge in [0, 0.05) is 39.8 Å². The van der Waals surface area contributed by atoms with Gasteiger partial charge in [0.2, 0.25) is 6.79 Å². The Hall–Kier alpha value is -3.56. The fraction of sp³-hybridized carbons (Fsp3) is 0.269. The minimum Gasteiger partial charge on any atom is -0.454 e. The van der Waals surface area contributed by atoms with E-state index in [1.54, 1.807) is 59.5 Å². The number of anilines is 1. The Labute approximate surface area is 205 Å². The molecule has 8 nitrogen and oxygen atoms in total. The molecular weight excluding hydrogens is 466 g/mol. The van der Waals surface area contributed by atoms with E-state index in [1.165, 1.54) is 11.4 Å². The summed E-state index contributed by atoms with van der Waals surface area (Å²) in [4.78, 5) is 17.7. The largest absolute Gasteiger partial charge is 0.454 e. The van der Waals surface area contributed by atoms with Gasteiger partial charge in [-0.1, -0.05) is 36.4 Å². The molecule has 2 heterocycles. The van der Waals surface area contributed by atoms with Crippen molar-refractivity contribution in [2.45, 2.75) is 11.4 Å². The van der Waals surface area contributed by atoms with Gasteiger partial charge >= 0.3 is 0 Å². The molecule has 0 aliphatic carbocycles. The fourth-order valence-electron chi connectivity index (χ4n) is 4.39. The Morgan fingerprint density at radius 1 is 0.886 bits per heavy atom. The van der Waals surface area contributed by atoms with Gasteiger partial charge in [-0.2, -0.15) is 0 Å². The summed E-state index contributed by atoms with van der Waals surface area (Å²) in [5.41, 5.74) is 1.87. The average molecular weight is 494 g/mol. The number of carbonyl (C=O) groups is 1. The topological polar surface area (TPSA) is 79.4 Å². The maximum Gasteiger partial charge on any atom is 0.264 e. The summed E-state index contributed by atoms with van der Waals surface area (Å²) in [6.07, 6.45) is 0. The van der Waals surface area contributed by atoms with Crippen LogP contribution in [0.5, 0.6) is 11.5 Å². The van der Waals surface area contributed by atoms with Gasteiger partial charge < -0.3 is 14.4 Å². The summed E-state index contributed by atoms with van der Waals surface area (Å²) in [6.45, 7) is 3.58. The van der Waals surface area contributed by atoms with E-state index >= 15 is 0 Å². The highest BCUT2D eigenvalue weighted by Gasteiger charge is 2.28. The lowest BCUT2D eigenvalue weighted by Crippen LogP contribution is -2.48. The zero-order chi connectivity index (χ0) is 24.4. The first-order valence-electron chi connectivity index (χ1n) is 11.5. The lowest BCUT2D eigenvalue weighted by molar-refractivity contribution is 0.0629. The fourth-order valence-corrected chi connectivity index (χ4v) is 5.62. The van der Waals surface area contributed by atoms with Crippen LogP contribution in [0.15, 0.2) is 77.7 Å². The van der Waals surface area contributed by atoms with Crippen LogP contribution in [0.2, 0.25) is 0 Å². The van der Waals surface area contributed by atoms with Crippen molar-refractivity contribution in [3.8, 4) is 11.5 Å². The SMILES string of the molecule is CN(c1ccccc1C(=O)N1CCN(Cc2ccc3c(c2)OCO3)CC1)S(=O)(=O)c1ccccc1. The maximum atomic E-state index is 13.4. The van der Waals surface area contributed by atoms with E-state index in [-0.39, 0.29) is 17.6 Å². The van der Waals surface area contributed by atoms with Gasteiger partial charge in [0.25, 0.3) is 15.9 Å². The maximum absolute atomic E-state index is 13.4. The minimum absolute atomic E-state index is 0.168. The normalized spacial score (nSPS) is 15.7. The molecular formula is C26H27N3O5S. The van der Waals surface area contributed by atoms with E-state index in [2.05, 4.69) is 4.90 Å². The number of hydrogen-bond acceptors (Lipinski definition) is 6. The van der Waals surface area contributed by atoms with E-state index in [0.29, 0.717) is 24.3 Å². The molecule has 0 saturated carbocycles. The van der Waals surface area contributed by atoms with Crippen molar-refractivity contribution in [3.05, 3.63) is 83.9 Å². The lowest BCUT2D eigenvalue weighted by atomic mass is 10.1. The summed E-state index contributed by atoms with van der Waals surface area (Å²) < 4.78 is 38.3. The summed E-state index contributed by atoms with van der Waals surface area (Å²) in [5, 5.41) is 0. The number of amides is 1. The Morgan fingerprint density at radius 3 is 2.34 bits per heavy atom. The average Bonchev–Trinajstić information content (AvgIpc) is 3.37. The van der Waals surface area contributed by atoms with Crippen LogP contribution in [0.4, 0.5) is 5.69 Å². The number of rotatable bonds is 6. The summed E-state index contributed by atoms with van der Waals surface area (Å²) >= 11 is 0. The molecule has 0 radical (unpaired) electrons. The molecule has 3 aromatic rings. The summed E-state index contributed by atoms with van der Waals surface area (Å²) in [5.74, 6) is 1.36. The lowest BCUT2D eigenvalue weighted by Gasteiger charge is -2.35. The van der Waals surface area contributed by atoms with Gasteiger partial charge in [-0.15, -0.1) is 0 Å². The smallest absolute Gasteiger partial charge is 0.264 e. The molecule has 0 spiro atoms. The van der Waals surface area contributed by atoms with Crippen LogP contribution in [0.3, 0.4) is 0 Å². The number of benzene rings is 3. The van der Waals surface area contributed by atoms with Crippen LogP contribution < -0.4 is 13.8 Å². The van der Waals surface area contributed by atoms with Crippen LogP contribution in [-0.2, 0) is 16.6 Å². The number of carbonyl (C=O) groups excluding carboxylic acids is 1. The van der Waals surface area contributed by atoms with Crippen molar-refractivity contribution in [1.82, 2.24) is 9.80 Å². The standard InChI is InChI=1S/C26H27N3O5S/c1-27(35(31,32)21-7-3-2-4-8-21)23-10-6-5-9-22(23)26(30)29-15-13-28(14-16-29)18-20-11-12-24-25(17-20)34-19-33-24/h2-12,17H,13-16,18-19H2,1H3. The van der Waals surface area contributed by atoms with Gasteiger partial charge in [-0.25, -0.2) is 8.42 Å². The van der Waals surface area contributed by atoms with Crippen molar-refractivity contribution in [2.24, 2.45) is 0 Å². The second kappa shape index (κ2) is 9.59. The third kappa shape index (κ3) is 4.69. The van der Waals surface area contributed by atoms with Crippen LogP contribution in [0, 0.1) is 0 Å². The summed E-state index contributed by atoms with van der Waals surface area (Å²) in [6, 6.07) is 21.0. The molecule has 1 saturated heterocycles. The van der Waals surface area contributed by atoms with Crippen LogP contribution in [-0.4, -0.2) is 64.1 Å². The first kappa shape index (κ1) is 23.2. The summed E-state index contributed by atoms with van der Waals surface area (Å²) in [7, 11) is -2.31. The zero-order valence-electron chi connectivity index (χ0n) is 19.5. The number of para-hydroxylation sites is 1. The van der Waals surface area contributed by atoms with E-state index in [0.717, 1.165) is 36.7 Å². The molecule has 0 bridgehead atoms. The first-order chi connectivity index (χ1) is 16.9. The zero-order valence-corrected chi connectivity index (χ0v) is 20.3. The van der Waals surface area contributed by atoms with Crippen molar-refractivity contribution in [3.63, 3.8) is 0 Å². The minimum atomic E-state index is -3.79. The van der Waals surface area contributed by atoms with E-state index in [1.807, 2.05) is 18.2 Å². The first-order valence-corrected chi connectivity index (χ1v) is 12.9. The molecule has 9 heteroatoms. The Morgan fingerprint density at radius 2 is 1.57 bits per heavy atom. The number of fused-ring (bicyclic) bond motifs is 1. The molecule has 182 valence electrons. The highest BCUT2D eigenvalue weighted by atomic mass is 32.2. The van der Waals surface area contributed by atoms with Crippen molar-refractivity contribution in [1.29, 1.82) is 0 Å². The van der Waals surface area contributed by atoms with Crippen LogP contribution >= 0.6 is 0 Å². The number of ether oxygens (including phenoxy) is 2. The number of piperazine rings is 1. The monoisotopic (exact) mass is 493 g/mol. The predicted molar refractivity (Wildman–Crippen MR) is 132 cm³/mol. The highest BCUT2D eigenvalue weighted by molar-refractivity contribution is 7.92. The van der Waals surface area contributed by atoms with Crippen molar-refractivity contribution < 1.29 is 22.7 Å². The highest BCUT2D eigenvalue weighted by Crippen LogP contribution is 2.33. The number of nitrogens with zero attached hydrogens (tertiary/aromatic N) is 3. The van der Waals surface area contributed by atoms with Gasteiger partial charge in [0.1, 0.15) is 0 Å². The van der Waals surface area contributed by atoms with E-state index < -0.39 is 10.0 Å². The van der Waals surface area contributed by atoms with E-state index in [9.17, 15) is 13.2 Å². The Bertz CT molecular complexity index is 1320. The van der Waals surface area contributed by atoms with Crippen molar-refractivity contribution >= 4 is 21.6 Å². The molecule has 2 aliphatic heterocycles. The predicted octanol–water partition coefficient (Wildman–Crippen LogP) is 3.20. The Kier molecular flexibility index (Phi) is 6.36. The van der Waals surface area contributed by atoms with Gasteiger partial charge in [0.05, 0.1) is 16.1 Å². The van der Waals surface area contributed by atoms with Gasteiger partial charge in [-0.05, 0) is 42.0 Å². The molecule has 35 heavy (non-hydrogen) atoms. The molecule has 0 aromatic heterocycles. The molecule has 0 N–H and O–H groups in total. The van der Waals surface area contributed by atoms with Crippen LogP contribution in [0.1, 0.15) is 15.9 Å². The molecule has 0 atom stereocenters. The third-order valence-electron chi connectivity index (χ3n) is 6.38. The second-order valence-electron chi connectivity index (χ2n) is 8.56. The number of hydrogen-bond donors (Lipinski definition) is 0. The van der Waals surface area contributed by atoms with E-state index in [4.69, 9.17) is 9.47 Å². The van der Waals surface area contributed by atoms with Crippen LogP contribution in [0.25, 0.3) is 0 Å². The van der Waals surface area contributed by atoms with Gasteiger partial charge in [-0.3, -0.25) is 14.0 Å².